The number of halogens is 2. The third-order valence-corrected chi connectivity index (χ3v) is 4.32. The molecule has 4 nitrogen and oxygen atoms in total. The van der Waals surface area contributed by atoms with Crippen molar-refractivity contribution in [1.82, 2.24) is 5.32 Å². The molecule has 0 bridgehead atoms. The van der Waals surface area contributed by atoms with Gasteiger partial charge in [-0.3, -0.25) is 0 Å². The molecular weight excluding hydrogens is 347 g/mol. The third kappa shape index (κ3) is 3.94. The Morgan fingerprint density at radius 2 is 1.79 bits per heavy atom. The number of anilines is 1. The van der Waals surface area contributed by atoms with Crippen LogP contribution in [0.4, 0.5) is 10.5 Å². The summed E-state index contributed by atoms with van der Waals surface area (Å²) in [7, 11) is 0. The molecule has 2 N–H and O–H groups in total. The minimum absolute atomic E-state index is 0.185. The van der Waals surface area contributed by atoms with Crippen LogP contribution >= 0.6 is 23.2 Å². The van der Waals surface area contributed by atoms with E-state index in [1.54, 1.807) is 30.3 Å². The monoisotopic (exact) mass is 364 g/mol. The predicted molar refractivity (Wildman–Crippen MR) is 97.1 cm³/mol. The van der Waals surface area contributed by atoms with Gasteiger partial charge in [0.1, 0.15) is 11.4 Å². The molecule has 6 heteroatoms. The first-order valence-electron chi connectivity index (χ1n) is 7.64. The molecule has 1 aliphatic heterocycles. The summed E-state index contributed by atoms with van der Waals surface area (Å²) < 4.78 is 5.97. The van der Waals surface area contributed by atoms with Gasteiger partial charge in [0.25, 0.3) is 0 Å². The van der Waals surface area contributed by atoms with Gasteiger partial charge < -0.3 is 15.4 Å². The number of amides is 2. The Morgan fingerprint density at radius 1 is 1.12 bits per heavy atom. The molecule has 0 radical (unpaired) electrons. The lowest BCUT2D eigenvalue weighted by Gasteiger charge is -2.38. The molecule has 126 valence electrons. The number of rotatable bonds is 2. The fraction of sp³-hybridized carbons (Fsp3) is 0.278. The minimum Gasteiger partial charge on any atom is -0.487 e. The Hall–Kier alpha value is -1.91. The summed E-state index contributed by atoms with van der Waals surface area (Å²) in [6.45, 7) is 3.99. The lowest BCUT2D eigenvalue weighted by atomic mass is 9.90. The van der Waals surface area contributed by atoms with E-state index in [1.807, 2.05) is 26.0 Å². The molecule has 0 saturated heterocycles. The van der Waals surface area contributed by atoms with E-state index in [1.165, 1.54) is 0 Å². The molecule has 0 saturated carbocycles. The van der Waals surface area contributed by atoms with E-state index in [0.29, 0.717) is 22.2 Å². The number of nitrogens with one attached hydrogen (secondary N) is 2. The van der Waals surface area contributed by atoms with Crippen LogP contribution in [0.15, 0.2) is 42.5 Å². The van der Waals surface area contributed by atoms with Gasteiger partial charge in [-0.1, -0.05) is 23.2 Å². The molecule has 0 aliphatic carbocycles. The SMILES string of the molecule is CC1(C)C[C@@H](NC(=O)Nc2ccc(Cl)cc2)c2cc(Cl)ccc2O1. The maximum absolute atomic E-state index is 12.3. The summed E-state index contributed by atoms with van der Waals surface area (Å²) in [4.78, 5) is 12.3. The number of benzene rings is 2. The molecule has 0 unspecified atom stereocenters. The summed E-state index contributed by atoms with van der Waals surface area (Å²) in [5.41, 5.74) is 1.18. The highest BCUT2D eigenvalue weighted by Gasteiger charge is 2.34. The largest absolute Gasteiger partial charge is 0.487 e. The smallest absolute Gasteiger partial charge is 0.319 e. The molecule has 1 atom stereocenters. The zero-order valence-corrected chi connectivity index (χ0v) is 14.9. The van der Waals surface area contributed by atoms with Crippen molar-refractivity contribution >= 4 is 34.9 Å². The summed E-state index contributed by atoms with van der Waals surface area (Å²) in [6.07, 6.45) is 0.647. The molecule has 0 spiro atoms. The van der Waals surface area contributed by atoms with Crippen LogP contribution in [0.1, 0.15) is 31.9 Å². The summed E-state index contributed by atoms with van der Waals surface area (Å²) in [6, 6.07) is 11.9. The van der Waals surface area contributed by atoms with Crippen molar-refractivity contribution in [2.24, 2.45) is 0 Å². The maximum Gasteiger partial charge on any atom is 0.319 e. The van der Waals surface area contributed by atoms with Crippen molar-refractivity contribution in [1.29, 1.82) is 0 Å². The van der Waals surface area contributed by atoms with Crippen molar-refractivity contribution in [2.75, 3.05) is 5.32 Å². The standard InChI is InChI=1S/C18H18Cl2N2O2/c1-18(2)10-15(14-9-12(20)5-8-16(14)24-18)22-17(23)21-13-6-3-11(19)4-7-13/h3-9,15H,10H2,1-2H3,(H2,21,22,23)/t15-/m1/s1. The maximum atomic E-state index is 12.3. The number of ether oxygens (including phenoxy) is 1. The van der Waals surface area contributed by atoms with Gasteiger partial charge >= 0.3 is 6.03 Å². The number of carbonyl (C=O) groups is 1. The number of urea groups is 1. The van der Waals surface area contributed by atoms with E-state index >= 15 is 0 Å². The van der Waals surface area contributed by atoms with Crippen LogP contribution in [0.5, 0.6) is 5.75 Å². The molecule has 2 aromatic carbocycles. The highest BCUT2D eigenvalue weighted by Crippen LogP contribution is 2.40. The second-order valence-electron chi connectivity index (χ2n) is 6.41. The summed E-state index contributed by atoms with van der Waals surface area (Å²) in [5.74, 6) is 0.743. The first kappa shape index (κ1) is 16.9. The van der Waals surface area contributed by atoms with Crippen LogP contribution in [0.2, 0.25) is 10.0 Å². The van der Waals surface area contributed by atoms with E-state index in [4.69, 9.17) is 27.9 Å². The van der Waals surface area contributed by atoms with Crippen molar-refractivity contribution in [2.45, 2.75) is 31.9 Å². The first-order chi connectivity index (χ1) is 11.3. The Labute approximate surface area is 151 Å². The molecule has 2 amide bonds. The highest BCUT2D eigenvalue weighted by atomic mass is 35.5. The molecular formula is C18H18Cl2N2O2. The number of hydrogen-bond acceptors (Lipinski definition) is 2. The van der Waals surface area contributed by atoms with Gasteiger partial charge in [0, 0.05) is 27.7 Å². The van der Waals surface area contributed by atoms with Crippen molar-refractivity contribution in [3.8, 4) is 5.75 Å². The Bertz CT molecular complexity index is 760. The van der Waals surface area contributed by atoms with Crippen LogP contribution in [-0.2, 0) is 0 Å². The summed E-state index contributed by atoms with van der Waals surface area (Å²) in [5, 5.41) is 7.04. The van der Waals surface area contributed by atoms with Gasteiger partial charge in [0.15, 0.2) is 0 Å². The molecule has 24 heavy (non-hydrogen) atoms. The Balaban J connectivity index is 1.77. The molecule has 0 fully saturated rings. The average Bonchev–Trinajstić information content (AvgIpc) is 2.49. The zero-order valence-electron chi connectivity index (χ0n) is 13.4. The Kier molecular flexibility index (Phi) is 4.61. The highest BCUT2D eigenvalue weighted by molar-refractivity contribution is 6.31. The number of hydrogen-bond donors (Lipinski definition) is 2. The van der Waals surface area contributed by atoms with E-state index in [0.717, 1.165) is 11.3 Å². The lowest BCUT2D eigenvalue weighted by molar-refractivity contribution is 0.0683. The minimum atomic E-state index is -0.376. The van der Waals surface area contributed by atoms with Crippen LogP contribution in [0, 0.1) is 0 Å². The molecule has 1 aliphatic rings. The van der Waals surface area contributed by atoms with E-state index in [2.05, 4.69) is 10.6 Å². The third-order valence-electron chi connectivity index (χ3n) is 3.84. The van der Waals surface area contributed by atoms with E-state index in [9.17, 15) is 4.79 Å². The van der Waals surface area contributed by atoms with Gasteiger partial charge in [-0.15, -0.1) is 0 Å². The van der Waals surface area contributed by atoms with Crippen molar-refractivity contribution < 1.29 is 9.53 Å². The van der Waals surface area contributed by atoms with Gasteiger partial charge in [-0.05, 0) is 56.3 Å². The second-order valence-corrected chi connectivity index (χ2v) is 7.28. The van der Waals surface area contributed by atoms with Crippen LogP contribution in [0.3, 0.4) is 0 Å². The van der Waals surface area contributed by atoms with Gasteiger partial charge in [-0.25, -0.2) is 4.79 Å². The van der Waals surface area contributed by atoms with Crippen LogP contribution in [-0.4, -0.2) is 11.6 Å². The number of fused-ring (bicyclic) bond motifs is 1. The average molecular weight is 365 g/mol. The fourth-order valence-electron chi connectivity index (χ4n) is 2.81. The molecule has 0 aromatic heterocycles. The lowest BCUT2D eigenvalue weighted by Crippen LogP contribution is -2.42. The predicted octanol–water partition coefficient (Wildman–Crippen LogP) is 5.42. The quantitative estimate of drug-likeness (QED) is 0.747. The van der Waals surface area contributed by atoms with Gasteiger partial charge in [0.2, 0.25) is 0 Å². The first-order valence-corrected chi connectivity index (χ1v) is 8.39. The fourth-order valence-corrected chi connectivity index (χ4v) is 3.12. The van der Waals surface area contributed by atoms with Crippen LogP contribution in [0.25, 0.3) is 0 Å². The van der Waals surface area contributed by atoms with Crippen LogP contribution < -0.4 is 15.4 Å². The second kappa shape index (κ2) is 6.54. The molecule has 3 rings (SSSR count). The van der Waals surface area contributed by atoms with Gasteiger partial charge in [-0.2, -0.15) is 0 Å². The van der Waals surface area contributed by atoms with E-state index in [-0.39, 0.29) is 17.7 Å². The van der Waals surface area contributed by atoms with Gasteiger partial charge in [0.05, 0.1) is 6.04 Å². The normalized spacial score (nSPS) is 18.2. The van der Waals surface area contributed by atoms with E-state index < -0.39 is 0 Å². The Morgan fingerprint density at radius 3 is 2.50 bits per heavy atom. The van der Waals surface area contributed by atoms with Crippen molar-refractivity contribution in [3.63, 3.8) is 0 Å². The molecule has 2 aromatic rings. The molecule has 1 heterocycles. The zero-order chi connectivity index (χ0) is 17.3. The van der Waals surface area contributed by atoms with Crippen molar-refractivity contribution in [3.05, 3.63) is 58.1 Å². The summed E-state index contributed by atoms with van der Waals surface area (Å²) >= 11 is 11.9. The number of carbonyl (C=O) groups excluding carboxylic acids is 1. The topological polar surface area (TPSA) is 50.4 Å².